The second-order valence-corrected chi connectivity index (χ2v) is 0.889. The Morgan fingerprint density at radius 1 is 2.00 bits per heavy atom. The van der Waals surface area contributed by atoms with Gasteiger partial charge in [0.1, 0.15) is 6.61 Å². The predicted octanol–water partition coefficient (Wildman–Crippen LogP) is 0.207. The zero-order valence-corrected chi connectivity index (χ0v) is 3.05. The van der Waals surface area contributed by atoms with Crippen LogP contribution in [-0.2, 0) is 4.74 Å². The zero-order valence-electron chi connectivity index (χ0n) is 3.05. The topological polar surface area (TPSA) is 38.7 Å². The van der Waals surface area contributed by atoms with Crippen LogP contribution in [0.3, 0.4) is 0 Å². The van der Waals surface area contributed by atoms with Crippen LogP contribution in [0.25, 0.3) is 0 Å². The quantitative estimate of drug-likeness (QED) is 0.421. The maximum atomic E-state index is 9.82. The Hall–Kier alpha value is -0.860. The van der Waals surface area contributed by atoms with Crippen molar-refractivity contribution in [2.45, 2.75) is 0 Å². The molecule has 0 aromatic carbocycles. The highest BCUT2D eigenvalue weighted by Crippen LogP contribution is 1.86. The van der Waals surface area contributed by atoms with Crippen molar-refractivity contribution in [3.05, 3.63) is 0 Å². The third-order valence-corrected chi connectivity index (χ3v) is 0.478. The summed E-state index contributed by atoms with van der Waals surface area (Å²) in [6, 6.07) is 0. The van der Waals surface area contributed by atoms with Crippen LogP contribution in [-0.4, -0.2) is 18.9 Å². The summed E-state index contributed by atoms with van der Waals surface area (Å²) < 4.78 is 4.29. The van der Waals surface area contributed by atoms with Crippen molar-refractivity contribution < 1.29 is 9.53 Å². The minimum absolute atomic E-state index is 0.346. The molecule has 0 saturated carbocycles. The fraction of sp³-hybridized carbons (Fsp3) is 0.333. The minimum atomic E-state index is -0.477. The maximum Gasteiger partial charge on any atom is 0.433 e. The molecule has 1 aliphatic rings. The Bertz CT molecular complexity index is 97.0. The number of hydrogen-bond acceptors (Lipinski definition) is 2. The third kappa shape index (κ3) is 0.381. The van der Waals surface area contributed by atoms with Crippen molar-refractivity contribution in [2.75, 3.05) is 6.61 Å². The number of aliphatic imine (C=N–C) groups is 1. The average molecular weight is 85.1 g/mol. The number of cyclic esters (lactones) is 1. The fourth-order valence-corrected chi connectivity index (χ4v) is 0.258. The van der Waals surface area contributed by atoms with Gasteiger partial charge < -0.3 is 4.74 Å². The molecule has 0 fully saturated rings. The SMILES string of the molecule is O=C1N=CCO1. The first-order valence-corrected chi connectivity index (χ1v) is 1.59. The summed E-state index contributed by atoms with van der Waals surface area (Å²) >= 11 is 0. The Morgan fingerprint density at radius 3 is 3.00 bits per heavy atom. The molecule has 0 aromatic heterocycles. The van der Waals surface area contributed by atoms with Gasteiger partial charge in [0.2, 0.25) is 0 Å². The van der Waals surface area contributed by atoms with E-state index in [1.54, 1.807) is 0 Å². The summed E-state index contributed by atoms with van der Waals surface area (Å²) in [5.74, 6) is 0. The van der Waals surface area contributed by atoms with Gasteiger partial charge in [0.05, 0.1) is 0 Å². The molecule has 3 nitrogen and oxygen atoms in total. The highest BCUT2D eigenvalue weighted by Gasteiger charge is 2.00. The van der Waals surface area contributed by atoms with Crippen molar-refractivity contribution in [1.29, 1.82) is 0 Å². The molecule has 0 spiro atoms. The second-order valence-electron chi connectivity index (χ2n) is 0.889. The van der Waals surface area contributed by atoms with Crippen molar-refractivity contribution in [3.8, 4) is 0 Å². The van der Waals surface area contributed by atoms with E-state index in [4.69, 9.17) is 0 Å². The van der Waals surface area contributed by atoms with Gasteiger partial charge in [0.25, 0.3) is 0 Å². The lowest BCUT2D eigenvalue weighted by atomic mass is 10.8. The molecule has 0 radical (unpaired) electrons. The van der Waals surface area contributed by atoms with Gasteiger partial charge in [-0.25, -0.2) is 4.79 Å². The van der Waals surface area contributed by atoms with Crippen LogP contribution < -0.4 is 0 Å². The van der Waals surface area contributed by atoms with Gasteiger partial charge in [0.15, 0.2) is 0 Å². The number of nitrogens with zero attached hydrogens (tertiary/aromatic N) is 1. The molecule has 0 atom stereocenters. The van der Waals surface area contributed by atoms with E-state index in [2.05, 4.69) is 9.73 Å². The summed E-state index contributed by atoms with van der Waals surface area (Å²) in [4.78, 5) is 13.1. The highest BCUT2D eigenvalue weighted by atomic mass is 16.6. The zero-order chi connectivity index (χ0) is 4.41. The number of hydrogen-bond donors (Lipinski definition) is 0. The van der Waals surface area contributed by atoms with Gasteiger partial charge in [-0.2, -0.15) is 4.99 Å². The van der Waals surface area contributed by atoms with Crippen LogP contribution in [0.4, 0.5) is 4.79 Å². The van der Waals surface area contributed by atoms with Crippen LogP contribution >= 0.6 is 0 Å². The largest absolute Gasteiger partial charge is 0.442 e. The van der Waals surface area contributed by atoms with Crippen LogP contribution in [0.1, 0.15) is 0 Å². The van der Waals surface area contributed by atoms with Crippen molar-refractivity contribution >= 4 is 12.3 Å². The van der Waals surface area contributed by atoms with E-state index in [1.807, 2.05) is 0 Å². The third-order valence-electron chi connectivity index (χ3n) is 0.478. The van der Waals surface area contributed by atoms with E-state index in [9.17, 15) is 4.79 Å². The lowest BCUT2D eigenvalue weighted by molar-refractivity contribution is 0.181. The number of carbonyl (C=O) groups is 1. The summed E-state index contributed by atoms with van der Waals surface area (Å²) in [6.45, 7) is 0.346. The summed E-state index contributed by atoms with van der Waals surface area (Å²) in [5.41, 5.74) is 0. The van der Waals surface area contributed by atoms with Crippen LogP contribution in [0, 0.1) is 0 Å². The second kappa shape index (κ2) is 1.08. The molecular weight excluding hydrogens is 82.0 g/mol. The standard InChI is InChI=1S/C3H3NO2/c5-3-4-1-2-6-3/h1H,2H2. The molecule has 1 aliphatic heterocycles. The molecule has 6 heavy (non-hydrogen) atoms. The Kier molecular flexibility index (Phi) is 0.602. The molecule has 0 unspecified atom stereocenters. The van der Waals surface area contributed by atoms with Crippen LogP contribution in [0.2, 0.25) is 0 Å². The molecule has 32 valence electrons. The number of carbonyl (C=O) groups excluding carboxylic acids is 1. The van der Waals surface area contributed by atoms with E-state index >= 15 is 0 Å². The monoisotopic (exact) mass is 85.0 g/mol. The Labute approximate surface area is 34.6 Å². The van der Waals surface area contributed by atoms with E-state index in [1.165, 1.54) is 6.21 Å². The van der Waals surface area contributed by atoms with Gasteiger partial charge in [-0.3, -0.25) is 0 Å². The summed E-state index contributed by atoms with van der Waals surface area (Å²) in [5, 5.41) is 0. The lowest BCUT2D eigenvalue weighted by Gasteiger charge is -1.78. The maximum absolute atomic E-state index is 9.82. The Balaban J connectivity index is 2.59. The van der Waals surface area contributed by atoms with Crippen molar-refractivity contribution in [2.24, 2.45) is 4.99 Å². The molecule has 0 aliphatic carbocycles. The van der Waals surface area contributed by atoms with Crippen molar-refractivity contribution in [3.63, 3.8) is 0 Å². The van der Waals surface area contributed by atoms with Gasteiger partial charge in [-0.1, -0.05) is 0 Å². The van der Waals surface area contributed by atoms with Gasteiger partial charge in [-0.15, -0.1) is 0 Å². The van der Waals surface area contributed by atoms with E-state index in [0.29, 0.717) is 6.61 Å². The molecule has 0 aromatic rings. The fourth-order valence-electron chi connectivity index (χ4n) is 0.258. The van der Waals surface area contributed by atoms with E-state index < -0.39 is 6.09 Å². The molecule has 1 amide bonds. The predicted molar refractivity (Wildman–Crippen MR) is 19.8 cm³/mol. The molecule has 0 N–H and O–H groups in total. The van der Waals surface area contributed by atoms with Gasteiger partial charge in [-0.05, 0) is 0 Å². The molecule has 3 heteroatoms. The van der Waals surface area contributed by atoms with Crippen LogP contribution in [0.15, 0.2) is 4.99 Å². The molecule has 0 bridgehead atoms. The molecule has 1 heterocycles. The molecule has 0 saturated heterocycles. The molecule has 1 rings (SSSR count). The van der Waals surface area contributed by atoms with Gasteiger partial charge in [0, 0.05) is 6.21 Å². The average Bonchev–Trinajstić information content (AvgIpc) is 1.86. The summed E-state index contributed by atoms with van der Waals surface area (Å²) in [7, 11) is 0. The highest BCUT2D eigenvalue weighted by molar-refractivity contribution is 5.85. The molecular formula is C3H3NO2. The Morgan fingerprint density at radius 2 is 2.83 bits per heavy atom. The van der Waals surface area contributed by atoms with Gasteiger partial charge >= 0.3 is 6.09 Å². The van der Waals surface area contributed by atoms with Crippen LogP contribution in [0.5, 0.6) is 0 Å². The van der Waals surface area contributed by atoms with E-state index in [0.717, 1.165) is 0 Å². The number of rotatable bonds is 0. The minimum Gasteiger partial charge on any atom is -0.442 e. The first-order valence-electron chi connectivity index (χ1n) is 1.59. The first kappa shape index (κ1) is 3.33. The smallest absolute Gasteiger partial charge is 0.433 e. The number of amides is 1. The normalized spacial score (nSPS) is 18.3. The number of ether oxygens (including phenoxy) is 1. The van der Waals surface area contributed by atoms with E-state index in [-0.39, 0.29) is 0 Å². The first-order chi connectivity index (χ1) is 2.89. The lowest BCUT2D eigenvalue weighted by Crippen LogP contribution is -1.87. The van der Waals surface area contributed by atoms with Crippen molar-refractivity contribution in [1.82, 2.24) is 0 Å². The summed E-state index contributed by atoms with van der Waals surface area (Å²) in [6.07, 6.45) is 0.956.